The van der Waals surface area contributed by atoms with Crippen LogP contribution in [0.5, 0.6) is 0 Å². The van der Waals surface area contributed by atoms with Crippen LogP contribution in [0.15, 0.2) is 12.5 Å². The average molecular weight is 486 g/mol. The summed E-state index contributed by atoms with van der Waals surface area (Å²) in [6.45, 7) is 12.9. The van der Waals surface area contributed by atoms with Gasteiger partial charge in [0.05, 0.1) is 24.0 Å². The lowest BCUT2D eigenvalue weighted by atomic mass is 9.45. The van der Waals surface area contributed by atoms with E-state index in [1.807, 2.05) is 4.90 Å². The Labute approximate surface area is 208 Å². The smallest absolute Gasteiger partial charge is 0.444 e. The Morgan fingerprint density at radius 2 is 2.14 bits per heavy atom. The Bertz CT molecular complexity index is 964. The van der Waals surface area contributed by atoms with Crippen LogP contribution in [-0.4, -0.2) is 69.8 Å². The highest BCUT2D eigenvalue weighted by Gasteiger charge is 2.68. The molecule has 2 bridgehead atoms. The first kappa shape index (κ1) is 24.6. The summed E-state index contributed by atoms with van der Waals surface area (Å²) in [4.78, 5) is 35.3. The molecule has 35 heavy (non-hydrogen) atoms. The summed E-state index contributed by atoms with van der Waals surface area (Å²) in [7, 11) is -0.444. The Morgan fingerprint density at radius 3 is 2.80 bits per heavy atom. The maximum atomic E-state index is 13.8. The minimum atomic E-state index is -0.781. The van der Waals surface area contributed by atoms with E-state index in [1.54, 1.807) is 33.3 Å². The van der Waals surface area contributed by atoms with Crippen LogP contribution < -0.4 is 5.32 Å². The van der Waals surface area contributed by atoms with E-state index in [-0.39, 0.29) is 29.0 Å². The van der Waals surface area contributed by atoms with Crippen LogP contribution in [0.3, 0.4) is 0 Å². The highest BCUT2D eigenvalue weighted by atomic mass is 16.7. The van der Waals surface area contributed by atoms with Crippen LogP contribution in [0.1, 0.15) is 72.9 Å². The van der Waals surface area contributed by atoms with Gasteiger partial charge in [0.1, 0.15) is 11.6 Å². The number of rotatable bonds is 5. The van der Waals surface area contributed by atoms with Crippen molar-refractivity contribution in [2.45, 2.75) is 103 Å². The van der Waals surface area contributed by atoms with Gasteiger partial charge in [0.25, 0.3) is 0 Å². The fraction of sp³-hybridized carbons (Fsp3) is 0.800. The normalized spacial score (nSPS) is 34.2. The standard InChI is InChI=1S/C25H39BN4O5/c1-23(2,3)33-22(32)29-18(11-16-13-27-14-28-16)21(31)30-9-7-8-19(30)26-34-20-17-10-15(24(17,4)5)12-25(20,6)35-26/h13-15,17-20H,7-12H2,1-6H3,(H,27,28)(H,29,32)/t15-,17+,18+,19+,20-,25+/m1/s1. The van der Waals surface area contributed by atoms with Crippen LogP contribution in [0, 0.1) is 17.3 Å². The van der Waals surface area contributed by atoms with E-state index in [4.69, 9.17) is 14.0 Å². The van der Waals surface area contributed by atoms with Gasteiger partial charge in [-0.15, -0.1) is 0 Å². The average Bonchev–Trinajstić information content (AvgIpc) is 3.49. The van der Waals surface area contributed by atoms with Gasteiger partial charge in [0.2, 0.25) is 5.91 Å². The van der Waals surface area contributed by atoms with Gasteiger partial charge in [-0.3, -0.25) is 4.79 Å². The van der Waals surface area contributed by atoms with E-state index in [0.29, 0.717) is 24.8 Å². The zero-order valence-electron chi connectivity index (χ0n) is 21.8. The Kier molecular flexibility index (Phi) is 5.98. The van der Waals surface area contributed by atoms with Gasteiger partial charge < -0.3 is 29.2 Å². The second-order valence-corrected chi connectivity index (χ2v) is 12.6. The van der Waals surface area contributed by atoms with Crippen LogP contribution >= 0.6 is 0 Å². The van der Waals surface area contributed by atoms with Crippen molar-refractivity contribution in [2.75, 3.05) is 6.54 Å². The molecule has 2 saturated heterocycles. The van der Waals surface area contributed by atoms with Crippen molar-refractivity contribution in [2.24, 2.45) is 17.3 Å². The molecule has 0 unspecified atom stereocenters. The summed E-state index contributed by atoms with van der Waals surface area (Å²) in [6.07, 6.45) is 6.88. The Balaban J connectivity index is 1.31. The summed E-state index contributed by atoms with van der Waals surface area (Å²) in [5, 5.41) is 2.80. The van der Waals surface area contributed by atoms with E-state index in [0.717, 1.165) is 25.0 Å². The third-order valence-electron chi connectivity index (χ3n) is 8.70. The first-order chi connectivity index (χ1) is 16.4. The summed E-state index contributed by atoms with van der Waals surface area (Å²) in [6, 6.07) is -0.781. The van der Waals surface area contributed by atoms with Crippen LogP contribution in [0.4, 0.5) is 4.79 Å². The first-order valence-corrected chi connectivity index (χ1v) is 13.0. The van der Waals surface area contributed by atoms with E-state index in [2.05, 4.69) is 36.1 Å². The highest BCUT2D eigenvalue weighted by Crippen LogP contribution is 2.64. The molecule has 2 N–H and O–H groups in total. The fourth-order valence-corrected chi connectivity index (χ4v) is 6.72. The number of carbonyl (C=O) groups is 2. The minimum absolute atomic E-state index is 0.0609. The molecule has 192 valence electrons. The quantitative estimate of drug-likeness (QED) is 0.620. The predicted molar refractivity (Wildman–Crippen MR) is 130 cm³/mol. The monoisotopic (exact) mass is 486 g/mol. The highest BCUT2D eigenvalue weighted by molar-refractivity contribution is 6.48. The number of H-pyrrole nitrogens is 1. The molecule has 3 aliphatic carbocycles. The lowest BCUT2D eigenvalue weighted by Gasteiger charge is -2.63. The Morgan fingerprint density at radius 1 is 1.37 bits per heavy atom. The molecule has 0 aromatic carbocycles. The number of alkyl carbamates (subject to hydrolysis) is 1. The number of amides is 2. The third-order valence-corrected chi connectivity index (χ3v) is 8.70. The number of ether oxygens (including phenoxy) is 1. The van der Waals surface area contributed by atoms with Gasteiger partial charge in [-0.25, -0.2) is 9.78 Å². The van der Waals surface area contributed by atoms with Crippen molar-refractivity contribution in [1.82, 2.24) is 20.2 Å². The molecule has 1 aromatic rings. The molecule has 2 amide bonds. The van der Waals surface area contributed by atoms with Gasteiger partial charge in [0.15, 0.2) is 0 Å². The van der Waals surface area contributed by atoms with Gasteiger partial charge >= 0.3 is 13.2 Å². The van der Waals surface area contributed by atoms with Crippen molar-refractivity contribution in [3.05, 3.63) is 18.2 Å². The molecule has 3 heterocycles. The molecule has 9 nitrogen and oxygen atoms in total. The number of nitrogens with zero attached hydrogens (tertiary/aromatic N) is 2. The van der Waals surface area contributed by atoms with Crippen molar-refractivity contribution < 1.29 is 23.6 Å². The lowest BCUT2D eigenvalue weighted by molar-refractivity contribution is -0.185. The van der Waals surface area contributed by atoms with Crippen LogP contribution in [-0.2, 0) is 25.3 Å². The van der Waals surface area contributed by atoms with Gasteiger partial charge in [0, 0.05) is 24.9 Å². The van der Waals surface area contributed by atoms with E-state index in [9.17, 15) is 9.59 Å². The topological polar surface area (TPSA) is 106 Å². The molecule has 3 saturated carbocycles. The van der Waals surface area contributed by atoms with Crippen LogP contribution in [0.25, 0.3) is 0 Å². The number of aromatic amines is 1. The van der Waals surface area contributed by atoms with Gasteiger partial charge in [-0.2, -0.15) is 0 Å². The van der Waals surface area contributed by atoms with Crippen molar-refractivity contribution in [1.29, 1.82) is 0 Å². The molecule has 6 atom stereocenters. The van der Waals surface area contributed by atoms with Gasteiger partial charge in [-0.1, -0.05) is 13.8 Å². The molecule has 6 rings (SSSR count). The van der Waals surface area contributed by atoms with Crippen molar-refractivity contribution in [3.63, 3.8) is 0 Å². The Hall–Kier alpha value is -2.07. The molecule has 10 heteroatoms. The number of hydrogen-bond donors (Lipinski definition) is 2. The third kappa shape index (κ3) is 4.48. The fourth-order valence-electron chi connectivity index (χ4n) is 6.72. The second-order valence-electron chi connectivity index (χ2n) is 12.6. The molecule has 5 fully saturated rings. The van der Waals surface area contributed by atoms with E-state index >= 15 is 0 Å². The number of hydrogen-bond acceptors (Lipinski definition) is 6. The molecule has 5 aliphatic rings. The zero-order chi connectivity index (χ0) is 25.2. The summed E-state index contributed by atoms with van der Waals surface area (Å²) in [5.74, 6) is 0.831. The number of carbonyl (C=O) groups excluding carboxylic acids is 2. The number of likely N-dealkylation sites (tertiary alicyclic amines) is 1. The number of nitrogens with one attached hydrogen (secondary N) is 2. The van der Waals surface area contributed by atoms with Crippen molar-refractivity contribution in [3.8, 4) is 0 Å². The largest absolute Gasteiger partial charge is 0.481 e. The lowest BCUT2D eigenvalue weighted by Crippen LogP contribution is -2.63. The van der Waals surface area contributed by atoms with Gasteiger partial charge in [-0.05, 0) is 70.6 Å². The van der Waals surface area contributed by atoms with E-state index in [1.165, 1.54) is 6.42 Å². The number of aromatic nitrogens is 2. The molecule has 2 aliphatic heterocycles. The summed E-state index contributed by atoms with van der Waals surface area (Å²) >= 11 is 0. The molecule has 0 spiro atoms. The van der Waals surface area contributed by atoms with Crippen LogP contribution in [0.2, 0.25) is 0 Å². The molecular weight excluding hydrogens is 447 g/mol. The molecule has 0 radical (unpaired) electrons. The minimum Gasteiger partial charge on any atom is -0.444 e. The maximum absolute atomic E-state index is 13.8. The summed E-state index contributed by atoms with van der Waals surface area (Å²) in [5.41, 5.74) is 0.0899. The molecular formula is C25H39BN4O5. The number of imidazole rings is 1. The maximum Gasteiger partial charge on any atom is 0.481 e. The predicted octanol–water partition coefficient (Wildman–Crippen LogP) is 3.10. The molecule has 1 aromatic heterocycles. The van der Waals surface area contributed by atoms with Crippen molar-refractivity contribution >= 4 is 19.1 Å². The van der Waals surface area contributed by atoms with E-state index < -0.39 is 24.9 Å². The summed E-state index contributed by atoms with van der Waals surface area (Å²) < 4.78 is 18.7. The zero-order valence-corrected chi connectivity index (χ0v) is 21.8. The SMILES string of the molecule is CC(C)(C)OC(=O)N[C@@H](Cc1cnc[nH]1)C(=O)N1CCC[C@H]1B1O[C@@H]2[C@@H]3C[C@H](C[C@]2(C)O1)C3(C)C. The second kappa shape index (κ2) is 8.51. The first-order valence-electron chi connectivity index (χ1n) is 13.0.